The second kappa shape index (κ2) is 20.7. The van der Waals surface area contributed by atoms with E-state index in [2.05, 4.69) is 246 Å². The van der Waals surface area contributed by atoms with Crippen molar-refractivity contribution in [3.05, 3.63) is 313 Å². The molecule has 0 saturated heterocycles. The van der Waals surface area contributed by atoms with Crippen molar-refractivity contribution in [1.82, 2.24) is 27.4 Å². The molecule has 20 aromatic rings. The Hall–Kier alpha value is -14.2. The van der Waals surface area contributed by atoms with Crippen LogP contribution in [-0.2, 0) is 0 Å². The predicted octanol–water partition coefficient (Wildman–Crippen LogP) is 21.4. The Kier molecular flexibility index (Phi) is 11.5. The van der Waals surface area contributed by atoms with Gasteiger partial charge in [0.15, 0.2) is 0 Å². The van der Waals surface area contributed by atoms with Crippen LogP contribution in [0.2, 0.25) is 0 Å². The van der Waals surface area contributed by atoms with Gasteiger partial charge in [-0.05, 0) is 109 Å². The molecule has 10 heteroatoms. The number of hydrogen-bond donors (Lipinski definition) is 0. The Morgan fingerprint density at radius 2 is 0.357 bits per heavy atom. The maximum absolute atomic E-state index is 12.7. The third-order valence-corrected chi connectivity index (χ3v) is 20.4. The molecule has 0 saturated carbocycles. The van der Waals surface area contributed by atoms with Crippen LogP contribution in [0.15, 0.2) is 291 Å². The maximum atomic E-state index is 12.7. The summed E-state index contributed by atoms with van der Waals surface area (Å²) >= 11 is 0. The van der Waals surface area contributed by atoms with Gasteiger partial charge in [-0.1, -0.05) is 182 Å². The molecule has 0 fully saturated rings. The summed E-state index contributed by atoms with van der Waals surface area (Å²) in [5.74, 6) is 0. The number of para-hydroxylation sites is 10. The van der Waals surface area contributed by atoms with Crippen LogP contribution in [0, 0.1) is 45.3 Å². The lowest BCUT2D eigenvalue weighted by Crippen LogP contribution is -2.11. The minimum Gasteiger partial charge on any atom is -0.309 e. The molecule has 0 atom stereocenters. The topological polar surface area (TPSA) is 125 Å². The second-order valence-electron chi connectivity index (χ2n) is 25.1. The SMILES string of the molecule is N#Cc1c(-n2c3ccccc3c3ccccc32)cc(-n2c3ccccc3c3cc4c(cc32)c2ccccc2n4-c2ccccc2)c(C#N)c1-c1c(C#N)c(-n2c3ccccc3c3ccccc32)cc(-n2c3ccccc3c3cc4c(cc32)c2ccccc2n4-c2ccccc2)c1C#N. The highest BCUT2D eigenvalue weighted by Gasteiger charge is 2.34. The first-order valence-electron chi connectivity index (χ1n) is 32.6. The van der Waals surface area contributed by atoms with Crippen molar-refractivity contribution >= 4 is 131 Å². The van der Waals surface area contributed by atoms with Crippen molar-refractivity contribution < 1.29 is 0 Å². The average molecular weight is 1250 g/mol. The largest absolute Gasteiger partial charge is 0.309 e. The van der Waals surface area contributed by atoms with Crippen LogP contribution in [0.1, 0.15) is 22.3 Å². The molecule has 0 N–H and O–H groups in total. The summed E-state index contributed by atoms with van der Waals surface area (Å²) in [7, 11) is 0. The van der Waals surface area contributed by atoms with Gasteiger partial charge < -0.3 is 27.4 Å². The van der Waals surface area contributed by atoms with E-state index >= 15 is 0 Å². The van der Waals surface area contributed by atoms with Crippen LogP contribution in [0.3, 0.4) is 0 Å². The highest BCUT2D eigenvalue weighted by molar-refractivity contribution is 6.22. The van der Waals surface area contributed by atoms with Crippen LogP contribution >= 0.6 is 0 Å². The van der Waals surface area contributed by atoms with E-state index in [0.717, 1.165) is 142 Å². The van der Waals surface area contributed by atoms with Gasteiger partial charge in [0, 0.05) is 87.1 Å². The fourth-order valence-electron chi connectivity index (χ4n) is 16.4. The summed E-state index contributed by atoms with van der Waals surface area (Å²) < 4.78 is 13.2. The lowest BCUT2D eigenvalue weighted by molar-refractivity contribution is 1.11. The molecular weight excluding hydrogens is 1200 g/mol. The standard InChI is InChI=1S/C88H48N10/c89-49-67-83(95-73-37-17-7-27-55(73)56-28-8-18-38-74(56)95)47-85(97-77-41-21-13-33-61(77)65-43-79-63(45-81(65)97)59-31-11-15-35-71(59)93(79)53-23-3-1-4-24-53)69(51-91)87(67)88-68(50-90)84(96-75-39-19-9-29-57(75)58-30-10-20-40-76(58)96)48-86(70(88)52-92)98-78-42-22-14-34-62(78)66-44-80-64(46-82(66)98)60-32-12-16-36-72(60)94(80)54-25-5-2-6-26-54/h1-48H. The summed E-state index contributed by atoms with van der Waals surface area (Å²) in [6, 6.07) is 111. The Morgan fingerprint density at radius 1 is 0.173 bits per heavy atom. The van der Waals surface area contributed by atoms with E-state index in [1.165, 1.54) is 0 Å². The van der Waals surface area contributed by atoms with E-state index in [0.29, 0.717) is 22.7 Å². The normalized spacial score (nSPS) is 11.8. The highest BCUT2D eigenvalue weighted by Crippen LogP contribution is 2.50. The maximum Gasteiger partial charge on any atom is 0.102 e. The Morgan fingerprint density at radius 3 is 0.592 bits per heavy atom. The Labute approximate surface area is 559 Å². The number of nitrogens with zero attached hydrogens (tertiary/aromatic N) is 10. The molecule has 0 aliphatic heterocycles. The quantitative estimate of drug-likeness (QED) is 0.158. The molecule has 0 spiro atoms. The summed E-state index contributed by atoms with van der Waals surface area (Å²) in [6.07, 6.45) is 0. The minimum absolute atomic E-state index is 0.108. The van der Waals surface area contributed by atoms with Gasteiger partial charge in [0.2, 0.25) is 0 Å². The predicted molar refractivity (Wildman–Crippen MR) is 397 cm³/mol. The van der Waals surface area contributed by atoms with Crippen molar-refractivity contribution in [2.75, 3.05) is 0 Å². The lowest BCUT2D eigenvalue weighted by Gasteiger charge is -2.24. The van der Waals surface area contributed by atoms with Crippen molar-refractivity contribution in [1.29, 1.82) is 21.0 Å². The third-order valence-electron chi connectivity index (χ3n) is 20.4. The number of benzene rings is 14. The van der Waals surface area contributed by atoms with Gasteiger partial charge in [0.1, 0.15) is 24.3 Å². The minimum atomic E-state index is 0.108. The number of rotatable bonds is 7. The molecule has 20 rings (SSSR count). The first-order valence-corrected chi connectivity index (χ1v) is 32.6. The molecule has 6 heterocycles. The van der Waals surface area contributed by atoms with Gasteiger partial charge in [-0.2, -0.15) is 21.0 Å². The highest BCUT2D eigenvalue weighted by atomic mass is 15.1. The molecule has 98 heavy (non-hydrogen) atoms. The van der Waals surface area contributed by atoms with Gasteiger partial charge >= 0.3 is 0 Å². The van der Waals surface area contributed by atoms with E-state index < -0.39 is 0 Å². The molecule has 10 nitrogen and oxygen atoms in total. The number of aromatic nitrogens is 6. The lowest BCUT2D eigenvalue weighted by atomic mass is 9.85. The van der Waals surface area contributed by atoms with Crippen molar-refractivity contribution in [2.45, 2.75) is 0 Å². The molecular formula is C88H48N10. The van der Waals surface area contributed by atoms with Gasteiger partial charge in [0.05, 0.1) is 111 Å². The summed E-state index contributed by atoms with van der Waals surface area (Å²) in [4.78, 5) is 0. The first kappa shape index (κ1) is 54.4. The first-order chi connectivity index (χ1) is 48.5. The fraction of sp³-hybridized carbons (Fsp3) is 0. The molecule has 450 valence electrons. The molecule has 6 aromatic heterocycles. The monoisotopic (exact) mass is 1240 g/mol. The molecule has 0 unspecified atom stereocenters. The summed E-state index contributed by atoms with van der Waals surface area (Å²) in [5, 5.41) is 62.5. The van der Waals surface area contributed by atoms with Crippen LogP contribution in [0.4, 0.5) is 0 Å². The van der Waals surface area contributed by atoms with Crippen molar-refractivity contribution in [3.63, 3.8) is 0 Å². The second-order valence-corrected chi connectivity index (χ2v) is 25.1. The van der Waals surface area contributed by atoms with Gasteiger partial charge in [-0.3, -0.25) is 0 Å². The van der Waals surface area contributed by atoms with Crippen molar-refractivity contribution in [2.24, 2.45) is 0 Å². The zero-order chi connectivity index (χ0) is 65.0. The number of nitriles is 4. The number of hydrogen-bond acceptors (Lipinski definition) is 4. The van der Waals surface area contributed by atoms with Crippen LogP contribution in [0.5, 0.6) is 0 Å². The summed E-state index contributed by atoms with van der Waals surface area (Å²) in [5.41, 5.74) is 15.4. The molecule has 0 bridgehead atoms. The van der Waals surface area contributed by atoms with E-state index in [-0.39, 0.29) is 33.4 Å². The van der Waals surface area contributed by atoms with E-state index in [1.807, 2.05) is 97.1 Å². The van der Waals surface area contributed by atoms with Crippen LogP contribution in [-0.4, -0.2) is 27.4 Å². The van der Waals surface area contributed by atoms with E-state index in [9.17, 15) is 21.0 Å². The van der Waals surface area contributed by atoms with E-state index in [4.69, 9.17) is 0 Å². The van der Waals surface area contributed by atoms with Gasteiger partial charge in [0.25, 0.3) is 0 Å². The molecule has 0 aliphatic rings. The zero-order valence-electron chi connectivity index (χ0n) is 52.2. The molecule has 0 radical (unpaired) electrons. The summed E-state index contributed by atoms with van der Waals surface area (Å²) in [6.45, 7) is 0. The van der Waals surface area contributed by atoms with Crippen LogP contribution in [0.25, 0.3) is 176 Å². The molecule has 0 aliphatic carbocycles. The van der Waals surface area contributed by atoms with Gasteiger partial charge in [-0.25, -0.2) is 0 Å². The average Bonchev–Trinajstić information content (AvgIpc) is 1.44. The zero-order valence-corrected chi connectivity index (χ0v) is 52.2. The Bertz CT molecular complexity index is 6560. The van der Waals surface area contributed by atoms with Crippen molar-refractivity contribution in [3.8, 4) is 69.5 Å². The van der Waals surface area contributed by atoms with Crippen LogP contribution < -0.4 is 0 Å². The third kappa shape index (κ3) is 7.35. The molecule has 14 aromatic carbocycles. The smallest absolute Gasteiger partial charge is 0.102 e. The number of fused-ring (bicyclic) bond motifs is 18. The van der Waals surface area contributed by atoms with Gasteiger partial charge in [-0.15, -0.1) is 0 Å². The Balaban J connectivity index is 0.994. The van der Waals surface area contributed by atoms with E-state index in [1.54, 1.807) is 0 Å². The molecule has 0 amide bonds. The fourth-order valence-corrected chi connectivity index (χ4v) is 16.4.